The fourth-order valence-corrected chi connectivity index (χ4v) is 2.68. The van der Waals surface area contributed by atoms with Gasteiger partial charge in [0.2, 0.25) is 5.91 Å². The quantitative estimate of drug-likeness (QED) is 0.656. The molecule has 1 saturated heterocycles. The van der Waals surface area contributed by atoms with Crippen LogP contribution in [0.15, 0.2) is 24.3 Å². The predicted octanol–water partition coefficient (Wildman–Crippen LogP) is 1.46. The number of carbonyl (C=O) groups is 1. The van der Waals surface area contributed by atoms with Gasteiger partial charge in [-0.2, -0.15) is 0 Å². The van der Waals surface area contributed by atoms with Gasteiger partial charge in [-0.05, 0) is 24.0 Å². The largest absolute Gasteiger partial charge is 0.355 e. The van der Waals surface area contributed by atoms with Crippen molar-refractivity contribution in [2.24, 2.45) is 5.92 Å². The van der Waals surface area contributed by atoms with E-state index in [0.29, 0.717) is 6.54 Å². The van der Waals surface area contributed by atoms with Gasteiger partial charge in [0.1, 0.15) is 0 Å². The molecule has 1 aromatic rings. The molecule has 0 radical (unpaired) electrons. The summed E-state index contributed by atoms with van der Waals surface area (Å²) in [6, 6.07) is 8.33. The number of nitrogens with one attached hydrogen (secondary N) is 1. The fourth-order valence-electron chi connectivity index (χ4n) is 2.68. The molecule has 1 aliphatic carbocycles. The van der Waals surface area contributed by atoms with Crippen molar-refractivity contribution in [2.75, 3.05) is 6.54 Å². The maximum absolute atomic E-state index is 11.7. The van der Waals surface area contributed by atoms with E-state index < -0.39 is 0 Å². The number of benzene rings is 1. The highest BCUT2D eigenvalue weighted by atomic mass is 16.2. The first kappa shape index (κ1) is 7.04. The lowest BCUT2D eigenvalue weighted by Crippen LogP contribution is -2.22. The lowest BCUT2D eigenvalue weighted by molar-refractivity contribution is -0.122. The van der Waals surface area contributed by atoms with Crippen LogP contribution in [0.4, 0.5) is 0 Å². The van der Waals surface area contributed by atoms with Crippen molar-refractivity contribution in [3.8, 4) is 0 Å². The van der Waals surface area contributed by atoms with Crippen LogP contribution in [-0.2, 0) is 11.2 Å². The van der Waals surface area contributed by atoms with Crippen LogP contribution in [0.2, 0.25) is 1.41 Å². The first-order valence-electron chi connectivity index (χ1n) is 5.60. The number of hydrogen-bond acceptors (Lipinski definition) is 1. The molecule has 2 nitrogen and oxygen atoms in total. The summed E-state index contributed by atoms with van der Waals surface area (Å²) in [4.78, 5) is 11.7. The molecule has 72 valence electrons. The number of rotatable bonds is 0. The molecule has 1 heterocycles. The molecule has 2 heteroatoms. The molecule has 1 fully saturated rings. The minimum Gasteiger partial charge on any atom is -0.355 e. The molecule has 0 unspecified atom stereocenters. The van der Waals surface area contributed by atoms with E-state index in [-0.39, 0.29) is 17.7 Å². The summed E-state index contributed by atoms with van der Waals surface area (Å²) in [5.41, 5.74) is 2.65. The van der Waals surface area contributed by atoms with Crippen LogP contribution < -0.4 is 5.31 Å². The minimum absolute atomic E-state index is 0.00880. The molecule has 2 aliphatic rings. The van der Waals surface area contributed by atoms with E-state index in [4.69, 9.17) is 1.41 Å². The van der Waals surface area contributed by atoms with E-state index in [1.54, 1.807) is 0 Å². The highest BCUT2D eigenvalue weighted by Gasteiger charge is 2.38. The molecule has 1 aliphatic heterocycles. The number of hydrogen-bond donors (Lipinski definition) is 1. The van der Waals surface area contributed by atoms with Crippen LogP contribution in [0.3, 0.4) is 0 Å². The van der Waals surface area contributed by atoms with Crippen molar-refractivity contribution in [3.63, 3.8) is 0 Å². The third kappa shape index (κ3) is 0.999. The van der Waals surface area contributed by atoms with Crippen molar-refractivity contribution in [3.05, 3.63) is 35.4 Å². The second-order valence-electron chi connectivity index (χ2n) is 4.13. The Balaban J connectivity index is 2.05. The van der Waals surface area contributed by atoms with Gasteiger partial charge in [-0.25, -0.2) is 0 Å². The Hall–Kier alpha value is -1.31. The average molecular weight is 188 g/mol. The zero-order chi connectivity index (χ0) is 10.4. The molecule has 1 aromatic carbocycles. The topological polar surface area (TPSA) is 29.1 Å². The number of aryl methyl sites for hydroxylation is 1. The van der Waals surface area contributed by atoms with E-state index in [0.717, 1.165) is 18.2 Å². The predicted molar refractivity (Wildman–Crippen MR) is 54.0 cm³/mol. The zero-order valence-corrected chi connectivity index (χ0v) is 7.94. The SMILES string of the molecule is [2H]N1C[C@H]2c3ccccc3CC[C@@H]2C1=O. The zero-order valence-electron chi connectivity index (χ0n) is 8.94. The summed E-state index contributed by atoms with van der Waals surface area (Å²) in [6.07, 6.45) is 1.90. The number of fused-ring (bicyclic) bond motifs is 3. The third-order valence-corrected chi connectivity index (χ3v) is 3.43. The molecule has 0 spiro atoms. The molecular formula is C12H13NO. The maximum atomic E-state index is 11.7. The summed E-state index contributed by atoms with van der Waals surface area (Å²) in [5.74, 6) is 0.340. The Morgan fingerprint density at radius 1 is 1.36 bits per heavy atom. The molecule has 0 saturated carbocycles. The van der Waals surface area contributed by atoms with Crippen LogP contribution in [0, 0.1) is 5.92 Å². The fraction of sp³-hybridized carbons (Fsp3) is 0.417. The number of carbonyl (C=O) groups excluding carboxylic acids is 1. The Morgan fingerprint density at radius 3 is 3.14 bits per heavy atom. The smallest absolute Gasteiger partial charge is 0.223 e. The summed E-state index contributed by atoms with van der Waals surface area (Å²) in [5, 5.41) is 1.14. The van der Waals surface area contributed by atoms with Crippen molar-refractivity contribution >= 4 is 5.91 Å². The van der Waals surface area contributed by atoms with Crippen LogP contribution in [0.25, 0.3) is 0 Å². The summed E-state index contributed by atoms with van der Waals surface area (Å²) < 4.78 is 7.56. The maximum Gasteiger partial charge on any atom is 0.223 e. The van der Waals surface area contributed by atoms with Gasteiger partial charge in [0.05, 0.1) is 0 Å². The minimum atomic E-state index is 0.00880. The van der Waals surface area contributed by atoms with Gasteiger partial charge in [0.15, 0.2) is 1.41 Å². The van der Waals surface area contributed by atoms with Gasteiger partial charge in [-0.1, -0.05) is 24.3 Å². The Bertz CT molecular complexity index is 418. The van der Waals surface area contributed by atoms with Crippen LogP contribution in [0.1, 0.15) is 23.5 Å². The molecule has 14 heavy (non-hydrogen) atoms. The third-order valence-electron chi connectivity index (χ3n) is 3.43. The normalized spacial score (nSPS) is 31.0. The Morgan fingerprint density at radius 2 is 2.21 bits per heavy atom. The lowest BCUT2D eigenvalue weighted by atomic mass is 9.77. The first-order chi connectivity index (χ1) is 7.27. The Kier molecular flexibility index (Phi) is 1.43. The van der Waals surface area contributed by atoms with Gasteiger partial charge in [0, 0.05) is 18.4 Å². The molecule has 1 N–H and O–H groups in total. The standard InChI is InChI=1S/C12H13NO/c14-12-10-6-5-8-3-1-2-4-9(8)11(10)7-13-12/h1-4,10-11H,5-7H2,(H,13,14)/t10-,11-/m0/s1/i/hD. The molecule has 0 bridgehead atoms. The molecular weight excluding hydrogens is 174 g/mol. The van der Waals surface area contributed by atoms with Crippen molar-refractivity contribution in [1.82, 2.24) is 5.31 Å². The van der Waals surface area contributed by atoms with Crippen LogP contribution >= 0.6 is 0 Å². The Labute approximate surface area is 84.8 Å². The number of amides is 1. The highest BCUT2D eigenvalue weighted by Crippen LogP contribution is 2.38. The summed E-state index contributed by atoms with van der Waals surface area (Å²) in [6.45, 7) is 0.570. The monoisotopic (exact) mass is 188 g/mol. The summed E-state index contributed by atoms with van der Waals surface area (Å²) in [7, 11) is 0. The van der Waals surface area contributed by atoms with Gasteiger partial charge in [0.25, 0.3) is 0 Å². The summed E-state index contributed by atoms with van der Waals surface area (Å²) >= 11 is 0. The van der Waals surface area contributed by atoms with Crippen molar-refractivity contribution in [2.45, 2.75) is 18.8 Å². The highest BCUT2D eigenvalue weighted by molar-refractivity contribution is 5.82. The van der Waals surface area contributed by atoms with Gasteiger partial charge < -0.3 is 5.31 Å². The molecule has 2 atom stereocenters. The van der Waals surface area contributed by atoms with Crippen molar-refractivity contribution in [1.29, 1.82) is 0 Å². The molecule has 0 aromatic heterocycles. The van der Waals surface area contributed by atoms with Crippen molar-refractivity contribution < 1.29 is 6.21 Å². The molecule has 3 rings (SSSR count). The van der Waals surface area contributed by atoms with Gasteiger partial charge >= 0.3 is 0 Å². The van der Waals surface area contributed by atoms with E-state index in [1.165, 1.54) is 11.1 Å². The van der Waals surface area contributed by atoms with Crippen LogP contribution in [0.5, 0.6) is 0 Å². The van der Waals surface area contributed by atoms with E-state index in [2.05, 4.69) is 12.1 Å². The first-order valence-corrected chi connectivity index (χ1v) is 5.15. The second kappa shape index (κ2) is 2.84. The van der Waals surface area contributed by atoms with E-state index >= 15 is 0 Å². The molecule has 1 amide bonds. The van der Waals surface area contributed by atoms with Gasteiger partial charge in [-0.15, -0.1) is 0 Å². The second-order valence-corrected chi connectivity index (χ2v) is 4.13. The van der Waals surface area contributed by atoms with Gasteiger partial charge in [-0.3, -0.25) is 4.79 Å². The van der Waals surface area contributed by atoms with E-state index in [9.17, 15) is 4.79 Å². The average Bonchev–Trinajstić information content (AvgIpc) is 2.56. The van der Waals surface area contributed by atoms with E-state index in [1.807, 2.05) is 12.1 Å². The van der Waals surface area contributed by atoms with Crippen LogP contribution in [-0.4, -0.2) is 12.5 Å². The lowest BCUT2D eigenvalue weighted by Gasteiger charge is -2.25.